The number of rotatable bonds is 7. The molecule has 6 nitrogen and oxygen atoms in total. The minimum absolute atomic E-state index is 0.273. The van der Waals surface area contributed by atoms with E-state index in [4.69, 9.17) is 14.2 Å². The fourth-order valence-corrected chi connectivity index (χ4v) is 2.31. The fourth-order valence-electron chi connectivity index (χ4n) is 2.31. The molecule has 0 bridgehead atoms. The Morgan fingerprint density at radius 2 is 1.65 bits per heavy atom. The first-order chi connectivity index (χ1) is 12.5. The van der Waals surface area contributed by atoms with E-state index in [-0.39, 0.29) is 5.56 Å². The van der Waals surface area contributed by atoms with Crippen molar-refractivity contribution in [1.82, 2.24) is 0 Å². The lowest BCUT2D eigenvalue weighted by atomic mass is 10.1. The lowest BCUT2D eigenvalue weighted by Gasteiger charge is -2.14. The van der Waals surface area contributed by atoms with Crippen molar-refractivity contribution in [3.05, 3.63) is 53.6 Å². The van der Waals surface area contributed by atoms with Gasteiger partial charge in [-0.05, 0) is 49.2 Å². The summed E-state index contributed by atoms with van der Waals surface area (Å²) in [5.41, 5.74) is 2.10. The molecule has 0 aliphatic heterocycles. The maximum atomic E-state index is 12.3. The van der Waals surface area contributed by atoms with Crippen LogP contribution in [0.1, 0.15) is 29.8 Å². The fraction of sp³-hybridized carbons (Fsp3) is 0.300. The van der Waals surface area contributed by atoms with E-state index in [0.717, 1.165) is 6.42 Å². The quantitative estimate of drug-likeness (QED) is 0.768. The molecule has 0 saturated carbocycles. The highest BCUT2D eigenvalue weighted by Gasteiger charge is 2.20. The van der Waals surface area contributed by atoms with Gasteiger partial charge in [0.25, 0.3) is 5.91 Å². The predicted octanol–water partition coefficient (Wildman–Crippen LogP) is 3.45. The number of hydrogen-bond acceptors (Lipinski definition) is 5. The molecule has 2 rings (SSSR count). The van der Waals surface area contributed by atoms with Crippen LogP contribution in [0, 0.1) is 0 Å². The van der Waals surface area contributed by atoms with Crippen molar-refractivity contribution in [3.8, 4) is 11.5 Å². The Labute approximate surface area is 153 Å². The third-order valence-electron chi connectivity index (χ3n) is 3.90. The monoisotopic (exact) mass is 357 g/mol. The number of esters is 1. The van der Waals surface area contributed by atoms with Crippen molar-refractivity contribution < 1.29 is 23.8 Å². The summed E-state index contributed by atoms with van der Waals surface area (Å²) < 4.78 is 15.5. The number of methoxy groups -OCH3 is 2. The van der Waals surface area contributed by atoms with Crippen molar-refractivity contribution in [2.45, 2.75) is 26.4 Å². The summed E-state index contributed by atoms with van der Waals surface area (Å²) >= 11 is 0. The zero-order chi connectivity index (χ0) is 19.1. The number of amides is 1. The molecule has 1 atom stereocenters. The molecule has 2 aromatic rings. The van der Waals surface area contributed by atoms with Gasteiger partial charge >= 0.3 is 5.97 Å². The molecule has 0 heterocycles. The third-order valence-corrected chi connectivity index (χ3v) is 3.90. The number of aryl methyl sites for hydroxylation is 1. The SMILES string of the molecule is CCc1ccc(NC(=O)C(C)OC(=O)c2ccc(OC)c(OC)c2)cc1. The zero-order valence-corrected chi connectivity index (χ0v) is 15.4. The Morgan fingerprint density at radius 1 is 1.00 bits per heavy atom. The molecular weight excluding hydrogens is 334 g/mol. The number of carbonyl (C=O) groups is 2. The van der Waals surface area contributed by atoms with Gasteiger partial charge in [0.05, 0.1) is 19.8 Å². The molecule has 6 heteroatoms. The van der Waals surface area contributed by atoms with Gasteiger partial charge in [0.15, 0.2) is 17.6 Å². The number of hydrogen-bond donors (Lipinski definition) is 1. The van der Waals surface area contributed by atoms with E-state index < -0.39 is 18.0 Å². The standard InChI is InChI=1S/C20H23NO5/c1-5-14-6-9-16(10-7-14)21-19(22)13(2)26-20(23)15-8-11-17(24-3)18(12-15)25-4/h6-13H,5H2,1-4H3,(H,21,22). The van der Waals surface area contributed by atoms with E-state index >= 15 is 0 Å². The lowest BCUT2D eigenvalue weighted by Crippen LogP contribution is -2.30. The van der Waals surface area contributed by atoms with E-state index in [1.807, 2.05) is 24.3 Å². The van der Waals surface area contributed by atoms with Crippen LogP contribution in [-0.4, -0.2) is 32.2 Å². The summed E-state index contributed by atoms with van der Waals surface area (Å²) in [6.45, 7) is 3.58. The minimum atomic E-state index is -0.943. The molecular formula is C20H23NO5. The van der Waals surface area contributed by atoms with Gasteiger partial charge in [0, 0.05) is 5.69 Å². The van der Waals surface area contributed by atoms with Crippen LogP contribution in [0.3, 0.4) is 0 Å². The molecule has 0 saturated heterocycles. The molecule has 0 fully saturated rings. The second-order valence-electron chi connectivity index (χ2n) is 5.66. The summed E-state index contributed by atoms with van der Waals surface area (Å²) in [4.78, 5) is 24.5. The van der Waals surface area contributed by atoms with Crippen LogP contribution in [0.25, 0.3) is 0 Å². The predicted molar refractivity (Wildman–Crippen MR) is 98.9 cm³/mol. The van der Waals surface area contributed by atoms with E-state index in [9.17, 15) is 9.59 Å². The Morgan fingerprint density at radius 3 is 2.23 bits per heavy atom. The number of benzene rings is 2. The van der Waals surface area contributed by atoms with Crippen LogP contribution in [0.4, 0.5) is 5.69 Å². The number of anilines is 1. The smallest absolute Gasteiger partial charge is 0.339 e. The molecule has 0 aromatic heterocycles. The average Bonchev–Trinajstić information content (AvgIpc) is 2.67. The first-order valence-corrected chi connectivity index (χ1v) is 8.31. The molecule has 0 radical (unpaired) electrons. The van der Waals surface area contributed by atoms with Gasteiger partial charge in [-0.2, -0.15) is 0 Å². The second-order valence-corrected chi connectivity index (χ2v) is 5.66. The summed E-state index contributed by atoms with van der Waals surface area (Å²) in [5, 5.41) is 2.73. The van der Waals surface area contributed by atoms with Gasteiger partial charge in [0.1, 0.15) is 0 Å². The molecule has 1 amide bonds. The molecule has 138 valence electrons. The van der Waals surface area contributed by atoms with Gasteiger partial charge in [0.2, 0.25) is 0 Å². The van der Waals surface area contributed by atoms with Gasteiger partial charge in [-0.1, -0.05) is 19.1 Å². The van der Waals surface area contributed by atoms with Crippen molar-refractivity contribution in [2.24, 2.45) is 0 Å². The van der Waals surface area contributed by atoms with Crippen molar-refractivity contribution in [3.63, 3.8) is 0 Å². The van der Waals surface area contributed by atoms with Crippen molar-refractivity contribution in [2.75, 3.05) is 19.5 Å². The molecule has 1 unspecified atom stereocenters. The first kappa shape index (κ1) is 19.3. The maximum Gasteiger partial charge on any atom is 0.339 e. The highest BCUT2D eigenvalue weighted by atomic mass is 16.5. The molecule has 0 aliphatic rings. The Kier molecular flexibility index (Phi) is 6.60. The van der Waals surface area contributed by atoms with Crippen LogP contribution in [0.2, 0.25) is 0 Å². The Hall–Kier alpha value is -3.02. The van der Waals surface area contributed by atoms with Gasteiger partial charge in [-0.25, -0.2) is 4.79 Å². The van der Waals surface area contributed by atoms with Crippen LogP contribution in [-0.2, 0) is 16.0 Å². The number of carbonyl (C=O) groups excluding carboxylic acids is 2. The summed E-state index contributed by atoms with van der Waals surface area (Å²) in [7, 11) is 2.99. The minimum Gasteiger partial charge on any atom is -0.493 e. The molecule has 26 heavy (non-hydrogen) atoms. The van der Waals surface area contributed by atoms with E-state index in [2.05, 4.69) is 12.2 Å². The van der Waals surface area contributed by atoms with Crippen molar-refractivity contribution in [1.29, 1.82) is 0 Å². The van der Waals surface area contributed by atoms with Crippen LogP contribution in [0.5, 0.6) is 11.5 Å². The Balaban J connectivity index is 2.00. The largest absolute Gasteiger partial charge is 0.493 e. The molecule has 1 N–H and O–H groups in total. The second kappa shape index (κ2) is 8.89. The first-order valence-electron chi connectivity index (χ1n) is 8.31. The van der Waals surface area contributed by atoms with Gasteiger partial charge < -0.3 is 19.5 Å². The number of nitrogens with one attached hydrogen (secondary N) is 1. The summed E-state index contributed by atoms with van der Waals surface area (Å²) in [6.07, 6.45) is -0.0189. The topological polar surface area (TPSA) is 73.9 Å². The molecule has 2 aromatic carbocycles. The van der Waals surface area contributed by atoms with Crippen LogP contribution < -0.4 is 14.8 Å². The van der Waals surface area contributed by atoms with Crippen molar-refractivity contribution >= 4 is 17.6 Å². The van der Waals surface area contributed by atoms with Gasteiger partial charge in [-0.3, -0.25) is 4.79 Å². The van der Waals surface area contributed by atoms with Gasteiger partial charge in [-0.15, -0.1) is 0 Å². The van der Waals surface area contributed by atoms with E-state index in [1.165, 1.54) is 32.8 Å². The van der Waals surface area contributed by atoms with E-state index in [0.29, 0.717) is 17.2 Å². The molecule has 0 aliphatic carbocycles. The summed E-state index contributed by atoms with van der Waals surface area (Å²) in [6, 6.07) is 12.2. The Bertz CT molecular complexity index is 770. The number of ether oxygens (including phenoxy) is 3. The summed E-state index contributed by atoms with van der Waals surface area (Å²) in [5.74, 6) is -0.0987. The maximum absolute atomic E-state index is 12.3. The average molecular weight is 357 g/mol. The highest BCUT2D eigenvalue weighted by molar-refractivity contribution is 5.97. The van der Waals surface area contributed by atoms with Crippen LogP contribution >= 0.6 is 0 Å². The zero-order valence-electron chi connectivity index (χ0n) is 15.4. The normalized spacial score (nSPS) is 11.4. The highest BCUT2D eigenvalue weighted by Crippen LogP contribution is 2.28. The molecule has 0 spiro atoms. The third kappa shape index (κ3) is 4.75. The lowest BCUT2D eigenvalue weighted by molar-refractivity contribution is -0.123. The van der Waals surface area contributed by atoms with E-state index in [1.54, 1.807) is 12.1 Å². The van der Waals surface area contributed by atoms with Crippen LogP contribution in [0.15, 0.2) is 42.5 Å².